The second kappa shape index (κ2) is 6.97. The van der Waals surface area contributed by atoms with Crippen molar-refractivity contribution in [2.75, 3.05) is 19.6 Å². The van der Waals surface area contributed by atoms with E-state index in [0.29, 0.717) is 12.2 Å². The van der Waals surface area contributed by atoms with Gasteiger partial charge in [-0.2, -0.15) is 0 Å². The molecule has 3 fully saturated rings. The Morgan fingerprint density at radius 2 is 2.00 bits per heavy atom. The molecule has 4 nitrogen and oxygen atoms in total. The van der Waals surface area contributed by atoms with Crippen LogP contribution in [0, 0.1) is 5.92 Å². The number of quaternary nitrogens is 1. The SMILES string of the molecule is CCN1CCC[C@H]1C[NH2+]C1NC(S)NC2CCCCC21. The number of nitrogens with two attached hydrogens (primary N) is 1. The highest BCUT2D eigenvalue weighted by Gasteiger charge is 2.40. The molecule has 3 rings (SSSR count). The maximum absolute atomic E-state index is 4.62. The minimum Gasteiger partial charge on any atom is -0.330 e. The van der Waals surface area contributed by atoms with E-state index in [2.05, 4.69) is 40.4 Å². The fraction of sp³-hybridized carbons (Fsp3) is 1.00. The number of likely N-dealkylation sites (N-methyl/N-ethyl adjacent to an activating group) is 1. The van der Waals surface area contributed by atoms with Crippen molar-refractivity contribution in [2.24, 2.45) is 5.92 Å². The van der Waals surface area contributed by atoms with Crippen molar-refractivity contribution < 1.29 is 5.32 Å². The second-order valence-corrected chi connectivity index (χ2v) is 7.23. The van der Waals surface area contributed by atoms with Crippen LogP contribution in [0.3, 0.4) is 0 Å². The van der Waals surface area contributed by atoms with Crippen LogP contribution in [0.5, 0.6) is 0 Å². The Morgan fingerprint density at radius 3 is 2.85 bits per heavy atom. The Bertz CT molecular complexity index is 314. The van der Waals surface area contributed by atoms with Crippen molar-refractivity contribution in [2.45, 2.75) is 69.2 Å². The monoisotopic (exact) mass is 299 g/mol. The molecule has 2 saturated heterocycles. The summed E-state index contributed by atoms with van der Waals surface area (Å²) in [6, 6.07) is 1.47. The molecule has 1 aliphatic carbocycles. The first kappa shape index (κ1) is 15.1. The number of fused-ring (bicyclic) bond motifs is 1. The maximum Gasteiger partial charge on any atom is 0.146 e. The first-order valence-electron chi connectivity index (χ1n) is 8.55. The van der Waals surface area contributed by atoms with Crippen LogP contribution in [0.25, 0.3) is 0 Å². The number of nitrogens with one attached hydrogen (secondary N) is 2. The van der Waals surface area contributed by atoms with Crippen molar-refractivity contribution >= 4 is 12.6 Å². The van der Waals surface area contributed by atoms with E-state index < -0.39 is 0 Å². The van der Waals surface area contributed by atoms with Crippen LogP contribution < -0.4 is 16.0 Å². The van der Waals surface area contributed by atoms with Gasteiger partial charge in [-0.3, -0.25) is 10.2 Å². The van der Waals surface area contributed by atoms with E-state index in [1.165, 1.54) is 58.2 Å². The van der Waals surface area contributed by atoms with Gasteiger partial charge in [0.05, 0.1) is 12.6 Å². The number of thiol groups is 1. The molecule has 1 saturated carbocycles. The molecule has 20 heavy (non-hydrogen) atoms. The summed E-state index contributed by atoms with van der Waals surface area (Å²) in [7, 11) is 0. The highest BCUT2D eigenvalue weighted by atomic mass is 32.1. The molecule has 0 aromatic heterocycles. The van der Waals surface area contributed by atoms with E-state index in [-0.39, 0.29) is 5.50 Å². The van der Waals surface area contributed by atoms with Gasteiger partial charge in [-0.05, 0) is 38.8 Å². The average Bonchev–Trinajstić information content (AvgIpc) is 2.92. The Balaban J connectivity index is 1.54. The molecule has 116 valence electrons. The fourth-order valence-corrected chi connectivity index (χ4v) is 4.84. The molecule has 2 heterocycles. The summed E-state index contributed by atoms with van der Waals surface area (Å²) in [4.78, 5) is 2.65. The number of hydrogen-bond acceptors (Lipinski definition) is 4. The molecule has 0 amide bonds. The summed E-state index contributed by atoms with van der Waals surface area (Å²) >= 11 is 4.62. The molecular weight excluding hydrogens is 268 g/mol. The zero-order valence-corrected chi connectivity index (χ0v) is 13.6. The number of likely N-dealkylation sites (tertiary alicyclic amines) is 1. The molecule has 5 heteroatoms. The van der Waals surface area contributed by atoms with Crippen LogP contribution in [0.4, 0.5) is 0 Å². The fourth-order valence-electron chi connectivity index (χ4n) is 4.48. The minimum atomic E-state index is 0.168. The third-order valence-corrected chi connectivity index (χ3v) is 5.87. The van der Waals surface area contributed by atoms with Crippen molar-refractivity contribution in [3.05, 3.63) is 0 Å². The van der Waals surface area contributed by atoms with Crippen LogP contribution in [-0.4, -0.2) is 48.3 Å². The van der Waals surface area contributed by atoms with Crippen LogP contribution in [0.15, 0.2) is 0 Å². The van der Waals surface area contributed by atoms with Gasteiger partial charge in [0.25, 0.3) is 0 Å². The summed E-state index contributed by atoms with van der Waals surface area (Å²) in [6.07, 6.45) is 8.81. The second-order valence-electron chi connectivity index (χ2n) is 6.71. The Labute approximate surface area is 128 Å². The maximum atomic E-state index is 4.62. The molecule has 4 unspecified atom stereocenters. The lowest BCUT2D eigenvalue weighted by atomic mass is 9.81. The average molecular weight is 300 g/mol. The lowest BCUT2D eigenvalue weighted by molar-refractivity contribution is -0.707. The third kappa shape index (κ3) is 3.33. The van der Waals surface area contributed by atoms with Crippen LogP contribution >= 0.6 is 12.6 Å². The summed E-state index contributed by atoms with van der Waals surface area (Å²) in [5, 5.41) is 9.85. The zero-order valence-electron chi connectivity index (χ0n) is 12.7. The molecule has 3 aliphatic rings. The lowest BCUT2D eigenvalue weighted by Crippen LogP contribution is -2.99. The number of hydrogen-bond donors (Lipinski definition) is 4. The van der Waals surface area contributed by atoms with Gasteiger partial charge in [0, 0.05) is 12.0 Å². The van der Waals surface area contributed by atoms with Gasteiger partial charge in [0.15, 0.2) is 0 Å². The zero-order chi connectivity index (χ0) is 13.9. The molecule has 5 atom stereocenters. The lowest BCUT2D eigenvalue weighted by Gasteiger charge is -2.43. The predicted molar refractivity (Wildman–Crippen MR) is 85.6 cm³/mol. The van der Waals surface area contributed by atoms with Gasteiger partial charge in [-0.25, -0.2) is 5.32 Å². The molecule has 0 bridgehead atoms. The van der Waals surface area contributed by atoms with E-state index in [9.17, 15) is 0 Å². The van der Waals surface area contributed by atoms with E-state index in [0.717, 1.165) is 12.0 Å². The van der Waals surface area contributed by atoms with Gasteiger partial charge in [0.2, 0.25) is 0 Å². The van der Waals surface area contributed by atoms with Crippen LogP contribution in [-0.2, 0) is 0 Å². The summed E-state index contributed by atoms with van der Waals surface area (Å²) in [5.74, 6) is 0.781. The Kier molecular flexibility index (Phi) is 5.26. The molecule has 0 radical (unpaired) electrons. The van der Waals surface area contributed by atoms with Gasteiger partial charge >= 0.3 is 0 Å². The third-order valence-electron chi connectivity index (χ3n) is 5.57. The van der Waals surface area contributed by atoms with Gasteiger partial charge in [-0.15, -0.1) is 12.6 Å². The first-order chi connectivity index (χ1) is 9.78. The Hall–Kier alpha value is 0.190. The van der Waals surface area contributed by atoms with Crippen molar-refractivity contribution in [1.29, 1.82) is 0 Å². The first-order valence-corrected chi connectivity index (χ1v) is 9.07. The van der Waals surface area contributed by atoms with Gasteiger partial charge in [0.1, 0.15) is 11.7 Å². The highest BCUT2D eigenvalue weighted by Crippen LogP contribution is 2.28. The summed E-state index contributed by atoms with van der Waals surface area (Å²) < 4.78 is 0. The Morgan fingerprint density at radius 1 is 1.15 bits per heavy atom. The normalized spacial score (nSPS) is 42.6. The van der Waals surface area contributed by atoms with E-state index >= 15 is 0 Å². The molecule has 0 aromatic carbocycles. The number of nitrogens with zero attached hydrogens (tertiary/aromatic N) is 1. The largest absolute Gasteiger partial charge is 0.330 e. The van der Waals surface area contributed by atoms with E-state index in [1.807, 2.05) is 0 Å². The molecule has 0 aromatic rings. The quantitative estimate of drug-likeness (QED) is 0.566. The molecule has 2 aliphatic heterocycles. The summed E-state index contributed by atoms with van der Waals surface area (Å²) in [5.41, 5.74) is 0.168. The van der Waals surface area contributed by atoms with Crippen molar-refractivity contribution in [3.63, 3.8) is 0 Å². The topological polar surface area (TPSA) is 43.9 Å². The highest BCUT2D eigenvalue weighted by molar-refractivity contribution is 7.80. The molecule has 0 spiro atoms. The van der Waals surface area contributed by atoms with E-state index in [1.54, 1.807) is 0 Å². The smallest absolute Gasteiger partial charge is 0.146 e. The standard InChI is InChI=1S/C15H30N4S/c1-2-19-9-5-6-11(19)10-16-14-12-7-3-4-8-13(12)17-15(20)18-14/h11-18,20H,2-10H2,1H3/p+1/t11-,12?,13?,14?,15?/m0/s1. The molecule has 4 N–H and O–H groups in total. The van der Waals surface area contributed by atoms with Gasteiger partial charge < -0.3 is 5.32 Å². The summed E-state index contributed by atoms with van der Waals surface area (Å²) in [6.45, 7) is 6.05. The van der Waals surface area contributed by atoms with Crippen molar-refractivity contribution in [1.82, 2.24) is 15.5 Å². The van der Waals surface area contributed by atoms with E-state index in [4.69, 9.17) is 0 Å². The van der Waals surface area contributed by atoms with Gasteiger partial charge in [-0.1, -0.05) is 19.8 Å². The van der Waals surface area contributed by atoms with Crippen LogP contribution in [0.1, 0.15) is 45.4 Å². The minimum absolute atomic E-state index is 0.168. The predicted octanol–water partition coefficient (Wildman–Crippen LogP) is 0.325. The number of rotatable bonds is 4. The molecular formula is C15H31N4S+. The van der Waals surface area contributed by atoms with Crippen LogP contribution in [0.2, 0.25) is 0 Å². The van der Waals surface area contributed by atoms with Crippen molar-refractivity contribution in [3.8, 4) is 0 Å².